The lowest BCUT2D eigenvalue weighted by Crippen LogP contribution is -2.48. The van der Waals surface area contributed by atoms with Crippen molar-refractivity contribution < 1.29 is 19.1 Å². The molecule has 0 heterocycles. The number of carbonyl (C=O) groups excluding carboxylic acids is 1. The van der Waals surface area contributed by atoms with Crippen LogP contribution in [-0.2, 0) is 16.0 Å². The van der Waals surface area contributed by atoms with E-state index in [2.05, 4.69) is 5.32 Å². The number of benzene rings is 1. The van der Waals surface area contributed by atoms with E-state index in [1.165, 1.54) is 25.1 Å². The molecule has 1 rings (SSSR count). The topological polar surface area (TPSA) is 92.4 Å². The van der Waals surface area contributed by atoms with E-state index in [9.17, 15) is 14.0 Å². The molecular formula is C12H15FN2O3. The summed E-state index contributed by atoms with van der Waals surface area (Å²) < 4.78 is 13.4. The van der Waals surface area contributed by atoms with Gasteiger partial charge in [0, 0.05) is 6.42 Å². The van der Waals surface area contributed by atoms with Crippen LogP contribution in [0.2, 0.25) is 0 Å². The molecule has 0 aliphatic carbocycles. The Morgan fingerprint density at radius 1 is 1.44 bits per heavy atom. The number of carboxylic acid groups (broad SMARTS) is 1. The molecule has 0 aliphatic heterocycles. The molecule has 0 aromatic heterocycles. The first-order valence-corrected chi connectivity index (χ1v) is 5.44. The minimum absolute atomic E-state index is 0.125. The molecule has 6 heteroatoms. The fourth-order valence-electron chi connectivity index (χ4n) is 1.39. The summed E-state index contributed by atoms with van der Waals surface area (Å²) in [6, 6.07) is 3.82. The zero-order valence-electron chi connectivity index (χ0n) is 9.89. The zero-order valence-corrected chi connectivity index (χ0v) is 9.89. The Morgan fingerprint density at radius 3 is 2.56 bits per heavy atom. The molecule has 4 N–H and O–H groups in total. The van der Waals surface area contributed by atoms with Gasteiger partial charge in [-0.15, -0.1) is 0 Å². The Labute approximate surface area is 104 Å². The molecule has 1 aromatic rings. The van der Waals surface area contributed by atoms with Gasteiger partial charge in [-0.2, -0.15) is 0 Å². The predicted molar refractivity (Wildman–Crippen MR) is 63.3 cm³/mol. The van der Waals surface area contributed by atoms with Crippen molar-refractivity contribution in [3.63, 3.8) is 0 Å². The molecule has 0 aliphatic rings. The molecule has 0 saturated heterocycles. The Morgan fingerprint density at radius 2 is 2.06 bits per heavy atom. The molecule has 0 bridgehead atoms. The van der Waals surface area contributed by atoms with Gasteiger partial charge in [0.1, 0.15) is 11.9 Å². The summed E-state index contributed by atoms with van der Waals surface area (Å²) in [5.74, 6) is -2.32. The highest BCUT2D eigenvalue weighted by Crippen LogP contribution is 2.09. The van der Waals surface area contributed by atoms with Crippen LogP contribution in [0.15, 0.2) is 24.3 Å². The molecule has 5 nitrogen and oxygen atoms in total. The second-order valence-electron chi connectivity index (χ2n) is 3.98. The van der Waals surface area contributed by atoms with Crippen LogP contribution >= 0.6 is 0 Å². The summed E-state index contributed by atoms with van der Waals surface area (Å²) >= 11 is 0. The highest BCUT2D eigenvalue weighted by molar-refractivity contribution is 5.86. The summed E-state index contributed by atoms with van der Waals surface area (Å²) in [6.45, 7) is 1.44. The third-order valence-corrected chi connectivity index (χ3v) is 2.41. The van der Waals surface area contributed by atoms with Crippen molar-refractivity contribution in [3.05, 3.63) is 35.6 Å². The van der Waals surface area contributed by atoms with Crippen molar-refractivity contribution in [2.75, 3.05) is 0 Å². The number of nitrogens with one attached hydrogen (secondary N) is 1. The largest absolute Gasteiger partial charge is 0.480 e. The summed E-state index contributed by atoms with van der Waals surface area (Å²) in [6.07, 6.45) is -0.125. The summed E-state index contributed by atoms with van der Waals surface area (Å²) in [4.78, 5) is 22.3. The Bertz CT molecular complexity index is 449. The van der Waals surface area contributed by atoms with Crippen molar-refractivity contribution in [2.24, 2.45) is 5.73 Å². The second-order valence-corrected chi connectivity index (χ2v) is 3.98. The molecular weight excluding hydrogens is 239 g/mol. The number of halogens is 1. The molecule has 2 atom stereocenters. The number of nitrogens with two attached hydrogens (primary N) is 1. The maximum atomic E-state index is 13.4. The first kappa shape index (κ1) is 14.1. The van der Waals surface area contributed by atoms with E-state index in [0.29, 0.717) is 0 Å². The van der Waals surface area contributed by atoms with E-state index in [-0.39, 0.29) is 12.0 Å². The van der Waals surface area contributed by atoms with Gasteiger partial charge in [0.25, 0.3) is 0 Å². The van der Waals surface area contributed by atoms with Crippen LogP contribution in [0.4, 0.5) is 4.39 Å². The van der Waals surface area contributed by atoms with E-state index in [1.54, 1.807) is 6.07 Å². The van der Waals surface area contributed by atoms with Crippen LogP contribution in [0.5, 0.6) is 0 Å². The van der Waals surface area contributed by atoms with Crippen molar-refractivity contribution >= 4 is 11.9 Å². The van der Waals surface area contributed by atoms with Gasteiger partial charge in [0.15, 0.2) is 0 Å². The van der Waals surface area contributed by atoms with Gasteiger partial charge in [-0.05, 0) is 18.6 Å². The van der Waals surface area contributed by atoms with Crippen LogP contribution < -0.4 is 11.1 Å². The van der Waals surface area contributed by atoms with Crippen LogP contribution in [-0.4, -0.2) is 29.1 Å². The van der Waals surface area contributed by atoms with Crippen LogP contribution in [0.1, 0.15) is 12.5 Å². The Hall–Kier alpha value is -1.95. The lowest BCUT2D eigenvalue weighted by atomic mass is 10.1. The third-order valence-electron chi connectivity index (χ3n) is 2.41. The molecule has 0 spiro atoms. The lowest BCUT2D eigenvalue weighted by Gasteiger charge is -2.16. The molecule has 1 amide bonds. The Balaban J connectivity index is 2.79. The van der Waals surface area contributed by atoms with Crippen LogP contribution in [0.3, 0.4) is 0 Å². The van der Waals surface area contributed by atoms with E-state index in [4.69, 9.17) is 10.8 Å². The summed E-state index contributed by atoms with van der Waals surface area (Å²) in [7, 11) is 0. The monoisotopic (exact) mass is 254 g/mol. The van der Waals surface area contributed by atoms with E-state index >= 15 is 0 Å². The van der Waals surface area contributed by atoms with Gasteiger partial charge in [-0.3, -0.25) is 4.79 Å². The maximum absolute atomic E-state index is 13.4. The molecule has 0 radical (unpaired) electrons. The second kappa shape index (κ2) is 6.11. The average molecular weight is 254 g/mol. The average Bonchev–Trinajstić information content (AvgIpc) is 2.30. The van der Waals surface area contributed by atoms with Gasteiger partial charge in [-0.1, -0.05) is 18.2 Å². The molecule has 1 unspecified atom stereocenters. The lowest BCUT2D eigenvalue weighted by molar-refractivity contribution is -0.141. The van der Waals surface area contributed by atoms with Gasteiger partial charge >= 0.3 is 5.97 Å². The fourth-order valence-corrected chi connectivity index (χ4v) is 1.39. The van der Waals surface area contributed by atoms with Gasteiger partial charge in [0.05, 0.1) is 6.04 Å². The van der Waals surface area contributed by atoms with Crippen molar-refractivity contribution in [3.8, 4) is 0 Å². The van der Waals surface area contributed by atoms with E-state index < -0.39 is 29.8 Å². The smallest absolute Gasteiger partial charge is 0.326 e. The standard InChI is InChI=1S/C12H15FN2O3/c1-7(14)11(16)15-10(12(17)18)6-8-4-2-3-5-9(8)13/h2-5,7,10H,6,14H2,1H3,(H,15,16)(H,17,18)/t7-,10?/m0/s1. The SMILES string of the molecule is C[C@H](N)C(=O)NC(Cc1ccccc1F)C(=O)O. The number of carboxylic acids is 1. The summed E-state index contributed by atoms with van der Waals surface area (Å²) in [5.41, 5.74) is 5.56. The highest BCUT2D eigenvalue weighted by Gasteiger charge is 2.22. The maximum Gasteiger partial charge on any atom is 0.326 e. The summed E-state index contributed by atoms with van der Waals surface area (Å²) in [5, 5.41) is 11.2. The molecule has 1 aromatic carbocycles. The number of aliphatic carboxylic acids is 1. The predicted octanol–water partition coefficient (Wildman–Crippen LogP) is 0.285. The van der Waals surface area contributed by atoms with Gasteiger partial charge in [-0.25, -0.2) is 9.18 Å². The third kappa shape index (κ3) is 3.81. The number of rotatable bonds is 5. The quantitative estimate of drug-likeness (QED) is 0.704. The highest BCUT2D eigenvalue weighted by atomic mass is 19.1. The Kier molecular flexibility index (Phi) is 4.79. The van der Waals surface area contributed by atoms with Crippen LogP contribution in [0, 0.1) is 5.82 Å². The van der Waals surface area contributed by atoms with E-state index in [1.807, 2.05) is 0 Å². The first-order chi connectivity index (χ1) is 8.41. The number of hydrogen-bond donors (Lipinski definition) is 3. The van der Waals surface area contributed by atoms with Gasteiger partial charge in [0.2, 0.25) is 5.91 Å². The molecule has 18 heavy (non-hydrogen) atoms. The number of amides is 1. The van der Waals surface area contributed by atoms with Crippen molar-refractivity contribution in [1.29, 1.82) is 0 Å². The minimum Gasteiger partial charge on any atom is -0.480 e. The minimum atomic E-state index is -1.23. The fraction of sp³-hybridized carbons (Fsp3) is 0.333. The molecule has 0 fully saturated rings. The number of carbonyl (C=O) groups is 2. The first-order valence-electron chi connectivity index (χ1n) is 5.44. The van der Waals surface area contributed by atoms with Crippen molar-refractivity contribution in [2.45, 2.75) is 25.4 Å². The molecule has 98 valence electrons. The normalized spacial score (nSPS) is 13.7. The zero-order chi connectivity index (χ0) is 13.7. The van der Waals surface area contributed by atoms with Crippen LogP contribution in [0.25, 0.3) is 0 Å². The van der Waals surface area contributed by atoms with Crippen molar-refractivity contribution in [1.82, 2.24) is 5.32 Å². The van der Waals surface area contributed by atoms with E-state index in [0.717, 1.165) is 0 Å². The number of hydrogen-bond acceptors (Lipinski definition) is 3. The van der Waals surface area contributed by atoms with Gasteiger partial charge < -0.3 is 16.2 Å². The molecule has 0 saturated carbocycles.